The molecule has 20 heavy (non-hydrogen) atoms. The maximum Gasteiger partial charge on any atom is 0.159 e. The van der Waals surface area contributed by atoms with E-state index in [4.69, 9.17) is 4.74 Å². The standard InChI is InChI=1S/C16H16O3S/c1-11(17)12-6-7-16(18)13(8-12)10-20-15-5-3-4-14(9-15)19-2/h3-9,18H,10H2,1-2H3. The molecule has 0 aliphatic carbocycles. The van der Waals surface area contributed by atoms with Crippen LogP contribution in [0.1, 0.15) is 22.8 Å². The molecule has 0 heterocycles. The number of Topliss-reactive ketones (excluding diaryl/α,β-unsaturated/α-hetero) is 1. The first-order chi connectivity index (χ1) is 9.60. The molecule has 0 unspecified atom stereocenters. The fourth-order valence-electron chi connectivity index (χ4n) is 1.77. The number of thioether (sulfide) groups is 1. The Bertz CT molecular complexity index is 623. The van der Waals surface area contributed by atoms with Gasteiger partial charge in [-0.1, -0.05) is 6.07 Å². The Kier molecular flexibility index (Phi) is 4.69. The van der Waals surface area contributed by atoms with Crippen molar-refractivity contribution in [3.8, 4) is 11.5 Å². The SMILES string of the molecule is COc1cccc(SCc2cc(C(C)=O)ccc2O)c1. The first kappa shape index (κ1) is 14.5. The van der Waals surface area contributed by atoms with Gasteiger partial charge in [-0.25, -0.2) is 0 Å². The van der Waals surface area contributed by atoms with E-state index in [-0.39, 0.29) is 11.5 Å². The number of rotatable bonds is 5. The van der Waals surface area contributed by atoms with Crippen molar-refractivity contribution in [1.29, 1.82) is 0 Å². The van der Waals surface area contributed by atoms with Crippen LogP contribution in [0.3, 0.4) is 0 Å². The van der Waals surface area contributed by atoms with Gasteiger partial charge in [0.15, 0.2) is 5.78 Å². The summed E-state index contributed by atoms with van der Waals surface area (Å²) in [5.74, 6) is 1.61. The molecule has 0 radical (unpaired) electrons. The van der Waals surface area contributed by atoms with Crippen LogP contribution in [-0.4, -0.2) is 18.0 Å². The lowest BCUT2D eigenvalue weighted by Crippen LogP contribution is -1.93. The summed E-state index contributed by atoms with van der Waals surface area (Å²) in [6.45, 7) is 1.52. The van der Waals surface area contributed by atoms with E-state index in [2.05, 4.69) is 0 Å². The van der Waals surface area contributed by atoms with Crippen LogP contribution in [-0.2, 0) is 5.75 Å². The Morgan fingerprint density at radius 1 is 1.25 bits per heavy atom. The van der Waals surface area contributed by atoms with Crippen molar-refractivity contribution < 1.29 is 14.6 Å². The molecule has 2 rings (SSSR count). The molecule has 0 atom stereocenters. The third-order valence-corrected chi connectivity index (χ3v) is 3.96. The Morgan fingerprint density at radius 2 is 2.05 bits per heavy atom. The maximum atomic E-state index is 11.4. The van der Waals surface area contributed by atoms with Gasteiger partial charge in [-0.05, 0) is 43.3 Å². The number of ketones is 1. The van der Waals surface area contributed by atoms with Gasteiger partial charge < -0.3 is 9.84 Å². The predicted octanol–water partition coefficient (Wildman–Crippen LogP) is 3.90. The van der Waals surface area contributed by atoms with E-state index in [9.17, 15) is 9.90 Å². The van der Waals surface area contributed by atoms with E-state index in [0.717, 1.165) is 16.2 Å². The highest BCUT2D eigenvalue weighted by molar-refractivity contribution is 7.98. The summed E-state index contributed by atoms with van der Waals surface area (Å²) in [4.78, 5) is 12.4. The Balaban J connectivity index is 2.13. The first-order valence-electron chi connectivity index (χ1n) is 6.20. The molecule has 0 fully saturated rings. The number of ether oxygens (including phenoxy) is 1. The summed E-state index contributed by atoms with van der Waals surface area (Å²) in [5.41, 5.74) is 1.37. The largest absolute Gasteiger partial charge is 0.508 e. The van der Waals surface area contributed by atoms with Gasteiger partial charge >= 0.3 is 0 Å². The van der Waals surface area contributed by atoms with Gasteiger partial charge in [0.2, 0.25) is 0 Å². The van der Waals surface area contributed by atoms with E-state index in [1.54, 1.807) is 37.1 Å². The van der Waals surface area contributed by atoms with Crippen LogP contribution < -0.4 is 4.74 Å². The number of aromatic hydroxyl groups is 1. The van der Waals surface area contributed by atoms with Crippen molar-refractivity contribution in [1.82, 2.24) is 0 Å². The molecule has 2 aromatic rings. The second kappa shape index (κ2) is 6.48. The number of hydrogen-bond donors (Lipinski definition) is 1. The van der Waals surface area contributed by atoms with E-state index in [0.29, 0.717) is 11.3 Å². The second-order valence-corrected chi connectivity index (χ2v) is 5.42. The monoisotopic (exact) mass is 288 g/mol. The van der Waals surface area contributed by atoms with Gasteiger partial charge in [-0.3, -0.25) is 4.79 Å². The van der Waals surface area contributed by atoms with Gasteiger partial charge in [0.25, 0.3) is 0 Å². The molecule has 0 spiro atoms. The normalized spacial score (nSPS) is 10.3. The van der Waals surface area contributed by atoms with E-state index in [1.807, 2.05) is 24.3 Å². The average Bonchev–Trinajstić information content (AvgIpc) is 2.46. The smallest absolute Gasteiger partial charge is 0.159 e. The predicted molar refractivity (Wildman–Crippen MR) is 80.7 cm³/mol. The molecule has 3 nitrogen and oxygen atoms in total. The molecule has 0 aromatic heterocycles. The molecule has 2 aromatic carbocycles. The Labute approximate surface area is 122 Å². The van der Waals surface area contributed by atoms with Crippen molar-refractivity contribution in [2.45, 2.75) is 17.6 Å². The molecule has 0 bridgehead atoms. The number of carbonyl (C=O) groups excluding carboxylic acids is 1. The number of methoxy groups -OCH3 is 1. The van der Waals surface area contributed by atoms with Gasteiger partial charge in [0.05, 0.1) is 7.11 Å². The van der Waals surface area contributed by atoms with Crippen LogP contribution >= 0.6 is 11.8 Å². The van der Waals surface area contributed by atoms with Crippen LogP contribution in [0.25, 0.3) is 0 Å². The van der Waals surface area contributed by atoms with E-state index >= 15 is 0 Å². The van der Waals surface area contributed by atoms with Crippen molar-refractivity contribution in [3.05, 3.63) is 53.6 Å². The molecule has 0 saturated carbocycles. The average molecular weight is 288 g/mol. The molecule has 104 valence electrons. The third kappa shape index (κ3) is 3.54. The van der Waals surface area contributed by atoms with Gasteiger partial charge in [-0.15, -0.1) is 11.8 Å². The minimum Gasteiger partial charge on any atom is -0.508 e. The van der Waals surface area contributed by atoms with Crippen LogP contribution in [0.4, 0.5) is 0 Å². The summed E-state index contributed by atoms with van der Waals surface area (Å²) < 4.78 is 5.17. The summed E-state index contributed by atoms with van der Waals surface area (Å²) in [7, 11) is 1.63. The van der Waals surface area contributed by atoms with Gasteiger partial charge in [0, 0.05) is 21.8 Å². The zero-order chi connectivity index (χ0) is 14.5. The fraction of sp³-hybridized carbons (Fsp3) is 0.188. The van der Waals surface area contributed by atoms with Gasteiger partial charge in [0.1, 0.15) is 11.5 Å². The van der Waals surface area contributed by atoms with Crippen LogP contribution in [0.2, 0.25) is 0 Å². The minimum atomic E-state index is -0.00219. The molecule has 0 amide bonds. The number of phenols is 1. The van der Waals surface area contributed by atoms with Crippen LogP contribution in [0.5, 0.6) is 11.5 Å². The lowest BCUT2D eigenvalue weighted by atomic mass is 10.1. The van der Waals surface area contributed by atoms with E-state index < -0.39 is 0 Å². The summed E-state index contributed by atoms with van der Waals surface area (Å²) in [6, 6.07) is 12.7. The molecule has 1 N–H and O–H groups in total. The summed E-state index contributed by atoms with van der Waals surface area (Å²) in [6.07, 6.45) is 0. The fourth-order valence-corrected chi connectivity index (χ4v) is 2.70. The van der Waals surface area contributed by atoms with Gasteiger partial charge in [-0.2, -0.15) is 0 Å². The lowest BCUT2D eigenvalue weighted by Gasteiger charge is -2.07. The van der Waals surface area contributed by atoms with Crippen molar-refractivity contribution in [2.24, 2.45) is 0 Å². The second-order valence-electron chi connectivity index (χ2n) is 4.37. The molecule has 0 aliphatic rings. The van der Waals surface area contributed by atoms with Crippen LogP contribution in [0.15, 0.2) is 47.4 Å². The summed E-state index contributed by atoms with van der Waals surface area (Å²) in [5, 5.41) is 9.85. The molecular formula is C16H16O3S. The number of carbonyl (C=O) groups is 1. The Morgan fingerprint density at radius 3 is 2.75 bits per heavy atom. The van der Waals surface area contributed by atoms with E-state index in [1.165, 1.54) is 6.92 Å². The zero-order valence-corrected chi connectivity index (χ0v) is 12.2. The number of hydrogen-bond acceptors (Lipinski definition) is 4. The number of phenolic OH excluding ortho intramolecular Hbond substituents is 1. The molecular weight excluding hydrogens is 272 g/mol. The number of benzene rings is 2. The lowest BCUT2D eigenvalue weighted by molar-refractivity contribution is 0.101. The topological polar surface area (TPSA) is 46.5 Å². The first-order valence-corrected chi connectivity index (χ1v) is 7.18. The highest BCUT2D eigenvalue weighted by atomic mass is 32.2. The molecule has 0 saturated heterocycles. The van der Waals surface area contributed by atoms with Crippen molar-refractivity contribution in [3.63, 3.8) is 0 Å². The van der Waals surface area contributed by atoms with Crippen molar-refractivity contribution in [2.75, 3.05) is 7.11 Å². The molecule has 4 heteroatoms. The van der Waals surface area contributed by atoms with Crippen LogP contribution in [0, 0.1) is 0 Å². The quantitative estimate of drug-likeness (QED) is 0.669. The zero-order valence-electron chi connectivity index (χ0n) is 11.4. The highest BCUT2D eigenvalue weighted by Gasteiger charge is 2.07. The Hall–Kier alpha value is -1.94. The maximum absolute atomic E-state index is 11.4. The minimum absolute atomic E-state index is 0.00219. The third-order valence-electron chi connectivity index (χ3n) is 2.92. The summed E-state index contributed by atoms with van der Waals surface area (Å²) >= 11 is 1.59. The highest BCUT2D eigenvalue weighted by Crippen LogP contribution is 2.30. The van der Waals surface area contributed by atoms with Crippen molar-refractivity contribution >= 4 is 17.5 Å². The molecule has 0 aliphatic heterocycles.